The molecule has 1 unspecified atom stereocenters. The molecule has 82 valence electrons. The third-order valence-corrected chi connectivity index (χ3v) is 2.15. The maximum Gasteiger partial charge on any atom is 0.269 e. The van der Waals surface area contributed by atoms with Crippen LogP contribution in [0.25, 0.3) is 0 Å². The Kier molecular flexibility index (Phi) is 4.20. The molecule has 15 heavy (non-hydrogen) atoms. The molecule has 1 atom stereocenters. The molecule has 1 aromatic carbocycles. The van der Waals surface area contributed by atoms with Gasteiger partial charge < -0.3 is 4.84 Å². The maximum atomic E-state index is 10.6. The Labute approximate surface area is 88.2 Å². The number of benzene rings is 1. The number of nitrogens with zero attached hydrogens (tertiary/aromatic N) is 1. The van der Waals surface area contributed by atoms with Gasteiger partial charge in [0.2, 0.25) is 0 Å². The number of non-ortho nitro benzene ring substituents is 1. The summed E-state index contributed by atoms with van der Waals surface area (Å²) in [6, 6.07) is 6.53. The van der Waals surface area contributed by atoms with Crippen LogP contribution in [0.4, 0.5) is 5.69 Å². The minimum Gasteiger partial charge on any atom is -0.305 e. The molecule has 0 saturated heterocycles. The van der Waals surface area contributed by atoms with Crippen molar-refractivity contribution in [1.29, 1.82) is 0 Å². The topological polar surface area (TPSA) is 64.4 Å². The first-order valence-corrected chi connectivity index (χ1v) is 4.72. The summed E-state index contributed by atoms with van der Waals surface area (Å²) in [6.45, 7) is 1.98. The number of nitrogens with one attached hydrogen (secondary N) is 1. The first-order valence-electron chi connectivity index (χ1n) is 4.72. The second kappa shape index (κ2) is 5.43. The van der Waals surface area contributed by atoms with Crippen LogP contribution in [0.3, 0.4) is 0 Å². The molecule has 0 spiro atoms. The van der Waals surface area contributed by atoms with Crippen LogP contribution in [0.2, 0.25) is 0 Å². The Morgan fingerprint density at radius 2 is 2.33 bits per heavy atom. The second-order valence-electron chi connectivity index (χ2n) is 3.13. The first kappa shape index (κ1) is 11.6. The van der Waals surface area contributed by atoms with Crippen LogP contribution in [-0.4, -0.2) is 12.0 Å². The summed E-state index contributed by atoms with van der Waals surface area (Å²) < 4.78 is 0. The molecule has 0 amide bonds. The molecule has 0 radical (unpaired) electrons. The van der Waals surface area contributed by atoms with Gasteiger partial charge in [0.1, 0.15) is 0 Å². The summed E-state index contributed by atoms with van der Waals surface area (Å²) in [5.41, 5.74) is 3.75. The number of hydrogen-bond donors (Lipinski definition) is 1. The molecule has 0 aliphatic carbocycles. The Bertz CT molecular complexity index is 341. The van der Waals surface area contributed by atoms with Gasteiger partial charge in [-0.2, -0.15) is 5.48 Å². The molecule has 0 bridgehead atoms. The lowest BCUT2D eigenvalue weighted by molar-refractivity contribution is -0.384. The van der Waals surface area contributed by atoms with Crippen molar-refractivity contribution in [1.82, 2.24) is 5.48 Å². The number of rotatable bonds is 5. The lowest BCUT2D eigenvalue weighted by atomic mass is 10.1. The smallest absolute Gasteiger partial charge is 0.269 e. The van der Waals surface area contributed by atoms with E-state index in [9.17, 15) is 10.1 Å². The van der Waals surface area contributed by atoms with Crippen LogP contribution < -0.4 is 5.48 Å². The SMILES string of the molecule is CCC(NOC)c1cccc([N+](=O)[O-])c1. The van der Waals surface area contributed by atoms with Gasteiger partial charge in [-0.15, -0.1) is 0 Å². The van der Waals surface area contributed by atoms with E-state index in [1.165, 1.54) is 13.2 Å². The lowest BCUT2D eigenvalue weighted by Crippen LogP contribution is -2.19. The summed E-state index contributed by atoms with van der Waals surface area (Å²) >= 11 is 0. The van der Waals surface area contributed by atoms with Crippen molar-refractivity contribution in [3.63, 3.8) is 0 Å². The van der Waals surface area contributed by atoms with E-state index in [0.29, 0.717) is 0 Å². The van der Waals surface area contributed by atoms with Gasteiger partial charge in [0.15, 0.2) is 0 Å². The average molecular weight is 210 g/mol. The molecular weight excluding hydrogens is 196 g/mol. The van der Waals surface area contributed by atoms with Crippen molar-refractivity contribution in [3.8, 4) is 0 Å². The lowest BCUT2D eigenvalue weighted by Gasteiger charge is -2.14. The molecule has 5 nitrogen and oxygen atoms in total. The highest BCUT2D eigenvalue weighted by atomic mass is 16.6. The Balaban J connectivity index is 2.92. The fourth-order valence-corrected chi connectivity index (χ4v) is 1.38. The summed E-state index contributed by atoms with van der Waals surface area (Å²) in [4.78, 5) is 15.0. The van der Waals surface area contributed by atoms with Gasteiger partial charge in [0, 0.05) is 12.1 Å². The highest BCUT2D eigenvalue weighted by Gasteiger charge is 2.12. The zero-order chi connectivity index (χ0) is 11.3. The maximum absolute atomic E-state index is 10.6. The van der Waals surface area contributed by atoms with Crippen molar-refractivity contribution in [2.24, 2.45) is 0 Å². The molecule has 0 aliphatic rings. The highest BCUT2D eigenvalue weighted by Crippen LogP contribution is 2.21. The number of nitro benzene ring substituents is 1. The molecule has 0 aromatic heterocycles. The van der Waals surface area contributed by atoms with Gasteiger partial charge in [0.25, 0.3) is 5.69 Å². The highest BCUT2D eigenvalue weighted by molar-refractivity contribution is 5.35. The standard InChI is InChI=1S/C10H14N2O3/c1-3-10(11-15-2)8-5-4-6-9(7-8)12(13)14/h4-7,10-11H,3H2,1-2H3. The minimum atomic E-state index is -0.400. The van der Waals surface area contributed by atoms with Crippen molar-refractivity contribution >= 4 is 5.69 Å². The van der Waals surface area contributed by atoms with Crippen LogP contribution >= 0.6 is 0 Å². The van der Waals surface area contributed by atoms with E-state index in [0.717, 1.165) is 12.0 Å². The Morgan fingerprint density at radius 1 is 1.60 bits per heavy atom. The van der Waals surface area contributed by atoms with Crippen LogP contribution in [0.15, 0.2) is 24.3 Å². The number of nitro groups is 1. The minimum absolute atomic E-state index is 0.0186. The Morgan fingerprint density at radius 3 is 2.87 bits per heavy atom. The Hall–Kier alpha value is -1.46. The molecule has 5 heteroatoms. The van der Waals surface area contributed by atoms with Crippen LogP contribution in [0, 0.1) is 10.1 Å². The molecule has 0 saturated carbocycles. The third kappa shape index (κ3) is 3.00. The fourth-order valence-electron chi connectivity index (χ4n) is 1.38. The zero-order valence-corrected chi connectivity index (χ0v) is 8.77. The van der Waals surface area contributed by atoms with E-state index in [-0.39, 0.29) is 11.7 Å². The largest absolute Gasteiger partial charge is 0.305 e. The third-order valence-electron chi connectivity index (χ3n) is 2.15. The van der Waals surface area contributed by atoms with Gasteiger partial charge in [-0.1, -0.05) is 19.1 Å². The fraction of sp³-hybridized carbons (Fsp3) is 0.400. The van der Waals surface area contributed by atoms with Gasteiger partial charge in [-0.05, 0) is 12.0 Å². The molecule has 0 heterocycles. The van der Waals surface area contributed by atoms with Crippen molar-refractivity contribution in [2.45, 2.75) is 19.4 Å². The monoisotopic (exact) mass is 210 g/mol. The second-order valence-corrected chi connectivity index (χ2v) is 3.13. The van der Waals surface area contributed by atoms with E-state index in [4.69, 9.17) is 4.84 Å². The van der Waals surface area contributed by atoms with Crippen LogP contribution in [0.1, 0.15) is 24.9 Å². The van der Waals surface area contributed by atoms with Gasteiger partial charge in [-0.3, -0.25) is 10.1 Å². The molecular formula is C10H14N2O3. The summed E-state index contributed by atoms with van der Waals surface area (Å²) in [5.74, 6) is 0. The van der Waals surface area contributed by atoms with E-state index < -0.39 is 4.92 Å². The average Bonchev–Trinajstić information content (AvgIpc) is 2.26. The van der Waals surface area contributed by atoms with E-state index in [2.05, 4.69) is 5.48 Å². The predicted molar refractivity (Wildman–Crippen MR) is 56.3 cm³/mol. The molecule has 0 fully saturated rings. The number of hydroxylamine groups is 1. The predicted octanol–water partition coefficient (Wildman–Crippen LogP) is 2.20. The molecule has 1 aromatic rings. The van der Waals surface area contributed by atoms with Crippen LogP contribution in [-0.2, 0) is 4.84 Å². The molecule has 1 rings (SSSR count). The van der Waals surface area contributed by atoms with E-state index >= 15 is 0 Å². The summed E-state index contributed by atoms with van der Waals surface area (Å²) in [5, 5.41) is 10.6. The van der Waals surface area contributed by atoms with Crippen molar-refractivity contribution < 1.29 is 9.76 Å². The quantitative estimate of drug-likeness (QED) is 0.597. The zero-order valence-electron chi connectivity index (χ0n) is 8.77. The van der Waals surface area contributed by atoms with Crippen molar-refractivity contribution in [3.05, 3.63) is 39.9 Å². The molecule has 1 N–H and O–H groups in total. The van der Waals surface area contributed by atoms with Gasteiger partial charge in [0.05, 0.1) is 18.1 Å². The van der Waals surface area contributed by atoms with E-state index in [1.807, 2.05) is 13.0 Å². The molecule has 0 aliphatic heterocycles. The van der Waals surface area contributed by atoms with Crippen molar-refractivity contribution in [2.75, 3.05) is 7.11 Å². The first-order chi connectivity index (χ1) is 7.19. The van der Waals surface area contributed by atoms with Gasteiger partial charge in [-0.25, -0.2) is 0 Å². The van der Waals surface area contributed by atoms with E-state index in [1.54, 1.807) is 12.1 Å². The number of hydrogen-bond acceptors (Lipinski definition) is 4. The normalized spacial score (nSPS) is 12.4. The summed E-state index contributed by atoms with van der Waals surface area (Å²) in [6.07, 6.45) is 0.801. The van der Waals surface area contributed by atoms with Crippen LogP contribution in [0.5, 0.6) is 0 Å². The van der Waals surface area contributed by atoms with Gasteiger partial charge >= 0.3 is 0 Å². The summed E-state index contributed by atoms with van der Waals surface area (Å²) in [7, 11) is 1.53.